The Balaban J connectivity index is 1.87. The van der Waals surface area contributed by atoms with E-state index in [0.717, 1.165) is 18.5 Å². The molecule has 1 aromatic heterocycles. The fourth-order valence-electron chi connectivity index (χ4n) is 2.22. The van der Waals surface area contributed by atoms with E-state index in [-0.39, 0.29) is 5.91 Å². The van der Waals surface area contributed by atoms with Gasteiger partial charge >= 0.3 is 0 Å². The van der Waals surface area contributed by atoms with Crippen molar-refractivity contribution < 1.29 is 14.1 Å². The number of nitrogens with zero attached hydrogens (tertiary/aromatic N) is 2. The molecule has 0 aliphatic heterocycles. The lowest BCUT2D eigenvalue weighted by Gasteiger charge is -2.18. The van der Waals surface area contributed by atoms with E-state index in [1.165, 1.54) is 11.2 Å². The Morgan fingerprint density at radius 3 is 2.86 bits per heavy atom. The summed E-state index contributed by atoms with van der Waals surface area (Å²) in [7, 11) is 3.25. The second-order valence-electron chi connectivity index (χ2n) is 5.07. The van der Waals surface area contributed by atoms with Gasteiger partial charge in [-0.25, -0.2) is 0 Å². The third kappa shape index (κ3) is 2.61. The molecule has 5 nitrogen and oxygen atoms in total. The average molecular weight is 307 g/mol. The van der Waals surface area contributed by atoms with E-state index >= 15 is 0 Å². The normalized spacial score (nSPS) is 14.0. The van der Waals surface area contributed by atoms with Gasteiger partial charge < -0.3 is 14.2 Å². The van der Waals surface area contributed by atoms with Crippen LogP contribution < -0.4 is 9.64 Å². The van der Waals surface area contributed by atoms with Crippen molar-refractivity contribution in [3.05, 3.63) is 40.7 Å². The molecular formula is C15H15ClN2O3. The summed E-state index contributed by atoms with van der Waals surface area (Å²) in [5, 5.41) is 4.41. The second-order valence-corrected chi connectivity index (χ2v) is 5.48. The molecule has 1 aliphatic carbocycles. The number of aromatic nitrogens is 1. The van der Waals surface area contributed by atoms with Crippen LogP contribution in [-0.2, 0) is 0 Å². The number of hydrogen-bond acceptors (Lipinski definition) is 4. The van der Waals surface area contributed by atoms with Crippen molar-refractivity contribution in [2.45, 2.75) is 18.8 Å². The number of methoxy groups -OCH3 is 1. The molecule has 1 saturated carbocycles. The van der Waals surface area contributed by atoms with Gasteiger partial charge in [0.05, 0.1) is 17.8 Å². The molecule has 0 N–H and O–H groups in total. The number of carbonyl (C=O) groups excluding carboxylic acids is 1. The van der Waals surface area contributed by atoms with Gasteiger partial charge in [0.15, 0.2) is 0 Å². The molecule has 2 aromatic rings. The van der Waals surface area contributed by atoms with Crippen LogP contribution in [0.5, 0.6) is 5.75 Å². The molecule has 1 fully saturated rings. The van der Waals surface area contributed by atoms with Gasteiger partial charge in [0.2, 0.25) is 0 Å². The number of rotatable bonds is 4. The third-order valence-electron chi connectivity index (χ3n) is 3.62. The second kappa shape index (κ2) is 5.41. The first kappa shape index (κ1) is 13.9. The molecule has 1 heterocycles. The lowest BCUT2D eigenvalue weighted by atomic mass is 10.1. The van der Waals surface area contributed by atoms with E-state index in [4.69, 9.17) is 20.9 Å². The largest absolute Gasteiger partial charge is 0.495 e. The lowest BCUT2D eigenvalue weighted by Crippen LogP contribution is -2.26. The average Bonchev–Trinajstić information content (AvgIpc) is 3.22. The minimum atomic E-state index is -0.153. The monoisotopic (exact) mass is 306 g/mol. The number of benzene rings is 1. The molecule has 1 aromatic carbocycles. The number of carbonyl (C=O) groups is 1. The summed E-state index contributed by atoms with van der Waals surface area (Å²) < 4.78 is 10.1. The summed E-state index contributed by atoms with van der Waals surface area (Å²) in [6.45, 7) is 0. The molecule has 6 heteroatoms. The zero-order chi connectivity index (χ0) is 15.0. The maximum atomic E-state index is 12.6. The van der Waals surface area contributed by atoms with Crippen molar-refractivity contribution in [2.75, 3.05) is 19.1 Å². The Bertz CT molecular complexity index is 679. The van der Waals surface area contributed by atoms with Crippen molar-refractivity contribution in [1.29, 1.82) is 0 Å². The van der Waals surface area contributed by atoms with Gasteiger partial charge in [0.1, 0.15) is 17.6 Å². The molecule has 0 unspecified atom stereocenters. The van der Waals surface area contributed by atoms with Crippen LogP contribution in [0, 0.1) is 0 Å². The first-order chi connectivity index (χ1) is 10.1. The van der Waals surface area contributed by atoms with Gasteiger partial charge in [0.25, 0.3) is 5.91 Å². The zero-order valence-electron chi connectivity index (χ0n) is 11.8. The topological polar surface area (TPSA) is 55.6 Å². The highest BCUT2D eigenvalue weighted by Crippen LogP contribution is 2.41. The van der Waals surface area contributed by atoms with Crippen LogP contribution in [0.2, 0.25) is 5.02 Å². The van der Waals surface area contributed by atoms with Crippen LogP contribution in [0.3, 0.4) is 0 Å². The van der Waals surface area contributed by atoms with Crippen LogP contribution in [0.25, 0.3) is 0 Å². The molecular weight excluding hydrogens is 292 g/mol. The smallest absolute Gasteiger partial charge is 0.263 e. The van der Waals surface area contributed by atoms with Crippen LogP contribution in [0.15, 0.2) is 29.0 Å². The molecule has 1 aliphatic rings. The van der Waals surface area contributed by atoms with Crippen molar-refractivity contribution in [3.8, 4) is 5.75 Å². The number of halogens is 1. The minimum absolute atomic E-state index is 0.153. The number of ether oxygens (including phenoxy) is 1. The lowest BCUT2D eigenvalue weighted by molar-refractivity contribution is 0.0991. The Hall–Kier alpha value is -2.01. The first-order valence-electron chi connectivity index (χ1n) is 6.67. The molecule has 21 heavy (non-hydrogen) atoms. The van der Waals surface area contributed by atoms with Crippen LogP contribution >= 0.6 is 11.6 Å². The minimum Gasteiger partial charge on any atom is -0.495 e. The molecule has 1 amide bonds. The zero-order valence-corrected chi connectivity index (χ0v) is 12.6. The quantitative estimate of drug-likeness (QED) is 0.867. The molecule has 3 rings (SSSR count). The number of amides is 1. The van der Waals surface area contributed by atoms with E-state index in [0.29, 0.717) is 27.9 Å². The van der Waals surface area contributed by atoms with Gasteiger partial charge in [-0.3, -0.25) is 4.79 Å². The van der Waals surface area contributed by atoms with Crippen LogP contribution in [0.1, 0.15) is 34.8 Å². The van der Waals surface area contributed by atoms with Gasteiger partial charge in [-0.1, -0.05) is 16.8 Å². The fourth-order valence-corrected chi connectivity index (χ4v) is 2.47. The third-order valence-corrected chi connectivity index (χ3v) is 3.91. The van der Waals surface area contributed by atoms with Gasteiger partial charge in [-0.05, 0) is 31.0 Å². The van der Waals surface area contributed by atoms with E-state index < -0.39 is 0 Å². The number of anilines is 1. The highest BCUT2D eigenvalue weighted by atomic mass is 35.5. The summed E-state index contributed by atoms with van der Waals surface area (Å²) in [6, 6.07) is 5.21. The van der Waals surface area contributed by atoms with Crippen molar-refractivity contribution >= 4 is 23.2 Å². The van der Waals surface area contributed by atoms with E-state index in [1.807, 2.05) is 0 Å². The highest BCUT2D eigenvalue weighted by molar-refractivity contribution is 6.32. The summed E-state index contributed by atoms with van der Waals surface area (Å²) >= 11 is 6.10. The summed E-state index contributed by atoms with van der Waals surface area (Å²) in [5.74, 6) is 0.778. The van der Waals surface area contributed by atoms with Crippen molar-refractivity contribution in [3.63, 3.8) is 0 Å². The van der Waals surface area contributed by atoms with E-state index in [9.17, 15) is 4.79 Å². The fraction of sp³-hybridized carbons (Fsp3) is 0.333. The maximum absolute atomic E-state index is 12.6. The number of hydrogen-bond donors (Lipinski definition) is 0. The molecule has 0 bridgehead atoms. The van der Waals surface area contributed by atoms with Gasteiger partial charge in [0, 0.05) is 18.7 Å². The highest BCUT2D eigenvalue weighted by Gasteiger charge is 2.32. The molecule has 110 valence electrons. The van der Waals surface area contributed by atoms with E-state index in [1.54, 1.807) is 32.4 Å². The van der Waals surface area contributed by atoms with Crippen LogP contribution in [0.4, 0.5) is 5.69 Å². The van der Waals surface area contributed by atoms with Gasteiger partial charge in [-0.2, -0.15) is 0 Å². The summed E-state index contributed by atoms with van der Waals surface area (Å²) in [6.07, 6.45) is 3.54. The predicted octanol–water partition coefficient (Wildman–Crippen LogP) is 3.49. The SMILES string of the molecule is COc1ccc(N(C)C(=O)c2conc2C2CC2)cc1Cl. The summed E-state index contributed by atoms with van der Waals surface area (Å²) in [4.78, 5) is 14.1. The molecule has 0 atom stereocenters. The van der Waals surface area contributed by atoms with Gasteiger partial charge in [-0.15, -0.1) is 0 Å². The molecule has 0 radical (unpaired) electrons. The Labute approximate surface area is 127 Å². The van der Waals surface area contributed by atoms with Crippen LogP contribution in [-0.4, -0.2) is 25.2 Å². The Morgan fingerprint density at radius 2 is 2.24 bits per heavy atom. The Kier molecular flexibility index (Phi) is 3.59. The standard InChI is InChI=1S/C15H15ClN2O3/c1-18(10-5-6-13(20-2)12(16)7-10)15(19)11-8-21-17-14(11)9-3-4-9/h5-9H,3-4H2,1-2H3. The van der Waals surface area contributed by atoms with E-state index in [2.05, 4.69) is 5.16 Å². The van der Waals surface area contributed by atoms with Crippen molar-refractivity contribution in [2.24, 2.45) is 0 Å². The maximum Gasteiger partial charge on any atom is 0.263 e. The molecule has 0 saturated heterocycles. The summed E-state index contributed by atoms with van der Waals surface area (Å²) in [5.41, 5.74) is 1.96. The Morgan fingerprint density at radius 1 is 1.48 bits per heavy atom. The van der Waals surface area contributed by atoms with Crippen molar-refractivity contribution in [1.82, 2.24) is 5.16 Å². The first-order valence-corrected chi connectivity index (χ1v) is 7.05. The molecule has 0 spiro atoms. The predicted molar refractivity (Wildman–Crippen MR) is 79.2 cm³/mol.